The number of nitrogens with zero attached hydrogens (tertiary/aromatic N) is 6. The minimum absolute atomic E-state index is 0.0473. The summed E-state index contributed by atoms with van der Waals surface area (Å²) in [5, 5.41) is 14.7. The number of hydrogen-bond acceptors (Lipinski definition) is 7. The summed E-state index contributed by atoms with van der Waals surface area (Å²) < 4.78 is 7.11. The molecule has 4 aromatic rings. The first-order valence-electron chi connectivity index (χ1n) is 11.1. The summed E-state index contributed by atoms with van der Waals surface area (Å²) in [6.07, 6.45) is 2.70. The molecule has 1 aliphatic heterocycles. The van der Waals surface area contributed by atoms with Gasteiger partial charge in [0.25, 0.3) is 0 Å². The molecule has 4 heterocycles. The van der Waals surface area contributed by atoms with Crippen molar-refractivity contribution in [3.8, 4) is 17.0 Å². The van der Waals surface area contributed by atoms with Gasteiger partial charge in [0.1, 0.15) is 5.75 Å². The number of methoxy groups -OCH3 is 1. The van der Waals surface area contributed by atoms with Gasteiger partial charge in [0.05, 0.1) is 18.2 Å². The normalized spacial score (nSPS) is 13.8. The van der Waals surface area contributed by atoms with E-state index in [-0.39, 0.29) is 6.42 Å². The first-order chi connectivity index (χ1) is 16.0. The van der Waals surface area contributed by atoms with Gasteiger partial charge < -0.3 is 14.7 Å². The lowest BCUT2D eigenvalue weighted by Crippen LogP contribution is -2.20. The summed E-state index contributed by atoms with van der Waals surface area (Å²) in [4.78, 5) is 28.0. The molecule has 0 amide bonds. The first kappa shape index (κ1) is 21.1. The number of benzene rings is 1. The van der Waals surface area contributed by atoms with Gasteiger partial charge in [0.2, 0.25) is 5.95 Å². The lowest BCUT2D eigenvalue weighted by molar-refractivity contribution is -0.136. The van der Waals surface area contributed by atoms with Crippen LogP contribution in [0.15, 0.2) is 24.3 Å². The third-order valence-electron chi connectivity index (χ3n) is 6.30. The van der Waals surface area contributed by atoms with Crippen molar-refractivity contribution >= 4 is 28.6 Å². The SMILES string of the molecule is COc1ccc(-c2nc(N3CCCC3)nc3nn4c(C)c(CCC(=O)O)c(C)nc4c23)cc1. The molecule has 33 heavy (non-hydrogen) atoms. The van der Waals surface area contributed by atoms with Crippen LogP contribution in [0.1, 0.15) is 36.2 Å². The standard InChI is InChI=1S/C24H26N6O3/c1-14-18(10-11-19(31)32)15(2)30-23(25-14)20-21(16-6-8-17(33-3)9-7-16)26-24(27-22(20)28-30)29-12-4-5-13-29/h6-9H,4-5,10-13H2,1-3H3,(H,31,32). The maximum absolute atomic E-state index is 11.1. The van der Waals surface area contributed by atoms with Crippen LogP contribution >= 0.6 is 0 Å². The topological polar surface area (TPSA) is 106 Å². The van der Waals surface area contributed by atoms with Crippen molar-refractivity contribution in [2.45, 2.75) is 39.5 Å². The van der Waals surface area contributed by atoms with Crippen molar-refractivity contribution in [2.75, 3.05) is 25.1 Å². The Morgan fingerprint density at radius 3 is 2.48 bits per heavy atom. The maximum Gasteiger partial charge on any atom is 0.303 e. The van der Waals surface area contributed by atoms with E-state index >= 15 is 0 Å². The molecule has 0 bridgehead atoms. The van der Waals surface area contributed by atoms with E-state index in [1.165, 1.54) is 0 Å². The van der Waals surface area contributed by atoms with Crippen LogP contribution in [0.3, 0.4) is 0 Å². The Balaban J connectivity index is 1.76. The van der Waals surface area contributed by atoms with Crippen LogP contribution in [0.25, 0.3) is 27.9 Å². The summed E-state index contributed by atoms with van der Waals surface area (Å²) in [5.74, 6) is 0.619. The van der Waals surface area contributed by atoms with Crippen molar-refractivity contribution in [3.05, 3.63) is 41.2 Å². The minimum Gasteiger partial charge on any atom is -0.497 e. The Morgan fingerprint density at radius 2 is 1.82 bits per heavy atom. The van der Waals surface area contributed by atoms with Crippen molar-refractivity contribution in [1.29, 1.82) is 0 Å². The molecule has 1 fully saturated rings. The smallest absolute Gasteiger partial charge is 0.303 e. The Morgan fingerprint density at radius 1 is 1.09 bits per heavy atom. The number of anilines is 1. The minimum atomic E-state index is -0.831. The first-order valence-corrected chi connectivity index (χ1v) is 11.1. The van der Waals surface area contributed by atoms with E-state index in [0.29, 0.717) is 23.7 Å². The van der Waals surface area contributed by atoms with E-state index < -0.39 is 5.97 Å². The monoisotopic (exact) mass is 446 g/mol. The highest BCUT2D eigenvalue weighted by Gasteiger charge is 2.23. The van der Waals surface area contributed by atoms with E-state index in [4.69, 9.17) is 29.9 Å². The van der Waals surface area contributed by atoms with E-state index in [1.807, 2.05) is 38.1 Å². The van der Waals surface area contributed by atoms with Crippen LogP contribution in [0, 0.1) is 13.8 Å². The molecule has 9 heteroatoms. The summed E-state index contributed by atoms with van der Waals surface area (Å²) in [5.41, 5.74) is 5.56. The Labute approximate surface area is 191 Å². The van der Waals surface area contributed by atoms with Crippen LogP contribution in [0.5, 0.6) is 5.75 Å². The zero-order valence-corrected chi connectivity index (χ0v) is 19.0. The number of carbonyl (C=O) groups is 1. The van der Waals surface area contributed by atoms with Crippen LogP contribution in [-0.2, 0) is 11.2 Å². The molecule has 9 nitrogen and oxygen atoms in total. The summed E-state index contributed by atoms with van der Waals surface area (Å²) in [6.45, 7) is 5.72. The van der Waals surface area contributed by atoms with Gasteiger partial charge >= 0.3 is 5.97 Å². The molecule has 1 N–H and O–H groups in total. The van der Waals surface area contributed by atoms with Crippen molar-refractivity contribution in [1.82, 2.24) is 24.6 Å². The molecule has 3 aromatic heterocycles. The van der Waals surface area contributed by atoms with Crippen LogP contribution < -0.4 is 9.64 Å². The highest BCUT2D eigenvalue weighted by molar-refractivity contribution is 6.01. The Kier molecular flexibility index (Phi) is 5.32. The third kappa shape index (κ3) is 3.73. The molecule has 0 spiro atoms. The second-order valence-corrected chi connectivity index (χ2v) is 8.38. The van der Waals surface area contributed by atoms with E-state index in [2.05, 4.69) is 4.90 Å². The average Bonchev–Trinajstić information content (AvgIpc) is 3.47. The summed E-state index contributed by atoms with van der Waals surface area (Å²) in [7, 11) is 1.64. The molecule has 5 rings (SSSR count). The predicted octanol–water partition coefficient (Wildman–Crippen LogP) is 3.58. The molecule has 0 atom stereocenters. The zero-order valence-electron chi connectivity index (χ0n) is 19.0. The predicted molar refractivity (Wildman–Crippen MR) is 125 cm³/mol. The molecule has 1 saturated heterocycles. The average molecular weight is 447 g/mol. The number of aromatic nitrogens is 5. The highest BCUT2D eigenvalue weighted by atomic mass is 16.5. The fourth-order valence-corrected chi connectivity index (χ4v) is 4.53. The van der Waals surface area contributed by atoms with E-state index in [0.717, 1.165) is 65.3 Å². The zero-order chi connectivity index (χ0) is 23.1. The molecular weight excluding hydrogens is 420 g/mol. The number of hydrogen-bond donors (Lipinski definition) is 1. The fourth-order valence-electron chi connectivity index (χ4n) is 4.53. The molecule has 0 radical (unpaired) electrons. The summed E-state index contributed by atoms with van der Waals surface area (Å²) >= 11 is 0. The number of aryl methyl sites for hydroxylation is 2. The largest absolute Gasteiger partial charge is 0.497 e. The van der Waals surface area contributed by atoms with Crippen molar-refractivity contribution in [3.63, 3.8) is 0 Å². The van der Waals surface area contributed by atoms with Gasteiger partial charge in [0, 0.05) is 36.5 Å². The number of ether oxygens (including phenoxy) is 1. The van der Waals surface area contributed by atoms with Gasteiger partial charge in [-0.3, -0.25) is 4.79 Å². The molecule has 1 aliphatic rings. The maximum atomic E-state index is 11.1. The number of carboxylic acid groups (broad SMARTS) is 1. The second-order valence-electron chi connectivity index (χ2n) is 8.38. The van der Waals surface area contributed by atoms with Gasteiger partial charge in [-0.2, -0.15) is 4.98 Å². The number of rotatable bonds is 6. The molecule has 170 valence electrons. The lowest BCUT2D eigenvalue weighted by Gasteiger charge is -2.16. The highest BCUT2D eigenvalue weighted by Crippen LogP contribution is 2.33. The van der Waals surface area contributed by atoms with Crippen LogP contribution in [0.2, 0.25) is 0 Å². The van der Waals surface area contributed by atoms with Crippen LogP contribution in [-0.4, -0.2) is 55.8 Å². The van der Waals surface area contributed by atoms with Gasteiger partial charge in [0.15, 0.2) is 11.3 Å². The fraction of sp³-hybridized carbons (Fsp3) is 0.375. The van der Waals surface area contributed by atoms with E-state index in [9.17, 15) is 4.79 Å². The van der Waals surface area contributed by atoms with Gasteiger partial charge in [-0.25, -0.2) is 14.5 Å². The van der Waals surface area contributed by atoms with Gasteiger partial charge in [-0.05, 0) is 62.9 Å². The van der Waals surface area contributed by atoms with Gasteiger partial charge in [-0.1, -0.05) is 0 Å². The number of fused-ring (bicyclic) bond motifs is 3. The van der Waals surface area contributed by atoms with E-state index in [1.54, 1.807) is 11.6 Å². The van der Waals surface area contributed by atoms with Crippen molar-refractivity contribution < 1.29 is 14.6 Å². The quantitative estimate of drug-likeness (QED) is 0.479. The molecule has 0 aliphatic carbocycles. The molecule has 0 saturated carbocycles. The summed E-state index contributed by atoms with van der Waals surface area (Å²) in [6, 6.07) is 7.80. The second kappa shape index (κ2) is 8.31. The number of aliphatic carboxylic acids is 1. The van der Waals surface area contributed by atoms with Crippen molar-refractivity contribution in [2.24, 2.45) is 0 Å². The van der Waals surface area contributed by atoms with Gasteiger partial charge in [-0.15, -0.1) is 5.10 Å². The van der Waals surface area contributed by atoms with Crippen LogP contribution in [0.4, 0.5) is 5.95 Å². The Bertz CT molecular complexity index is 1360. The third-order valence-corrected chi connectivity index (χ3v) is 6.30. The molecule has 0 unspecified atom stereocenters. The number of carboxylic acids is 1. The Hall–Kier alpha value is -3.75. The lowest BCUT2D eigenvalue weighted by atomic mass is 10.1. The molecular formula is C24H26N6O3. The molecule has 1 aromatic carbocycles.